The largest absolute Gasteiger partial charge is 0.327 e. The summed E-state index contributed by atoms with van der Waals surface area (Å²) in [6.07, 6.45) is 4.11. The number of likely N-dealkylation sites (tertiary alicyclic amines) is 1. The molecule has 1 saturated heterocycles. The minimum atomic E-state index is 0.292. The topological polar surface area (TPSA) is 29.3 Å². The third kappa shape index (κ3) is 3.76. The number of hydrogen-bond donors (Lipinski definition) is 1. The smallest absolute Gasteiger partial charge is 0.0216 e. The van der Waals surface area contributed by atoms with Crippen molar-refractivity contribution in [3.05, 3.63) is 0 Å². The lowest BCUT2D eigenvalue weighted by molar-refractivity contribution is 0.191. The highest BCUT2D eigenvalue weighted by molar-refractivity contribution is 4.79. The second-order valence-corrected chi connectivity index (χ2v) is 5.57. The molecule has 0 aromatic carbocycles. The monoisotopic (exact) mass is 212 g/mol. The lowest BCUT2D eigenvalue weighted by Gasteiger charge is -2.30. The van der Waals surface area contributed by atoms with Gasteiger partial charge in [0.2, 0.25) is 0 Å². The van der Waals surface area contributed by atoms with E-state index < -0.39 is 0 Å². The van der Waals surface area contributed by atoms with Gasteiger partial charge in [-0.2, -0.15) is 0 Å². The van der Waals surface area contributed by atoms with Crippen LogP contribution in [-0.4, -0.2) is 30.1 Å². The van der Waals surface area contributed by atoms with Gasteiger partial charge in [-0.15, -0.1) is 0 Å². The number of nitrogens with zero attached hydrogens (tertiary/aromatic N) is 1. The first-order chi connectivity index (χ1) is 7.02. The molecule has 3 atom stereocenters. The van der Waals surface area contributed by atoms with E-state index in [1.807, 2.05) is 0 Å². The molecule has 2 nitrogen and oxygen atoms in total. The van der Waals surface area contributed by atoms with E-state index in [1.165, 1.54) is 32.4 Å². The van der Waals surface area contributed by atoms with E-state index in [2.05, 4.69) is 32.6 Å². The molecule has 1 fully saturated rings. The molecule has 1 aliphatic rings. The molecule has 0 bridgehead atoms. The second kappa shape index (κ2) is 5.86. The van der Waals surface area contributed by atoms with Crippen LogP contribution in [0.5, 0.6) is 0 Å². The maximum absolute atomic E-state index is 5.97. The average Bonchev–Trinajstić information content (AvgIpc) is 2.41. The Bertz CT molecular complexity index is 177. The van der Waals surface area contributed by atoms with Crippen molar-refractivity contribution < 1.29 is 0 Å². The fraction of sp³-hybridized carbons (Fsp3) is 1.00. The van der Waals surface area contributed by atoms with Crippen LogP contribution in [0.15, 0.2) is 0 Å². The summed E-state index contributed by atoms with van der Waals surface area (Å²) >= 11 is 0. The molecule has 0 aliphatic carbocycles. The van der Waals surface area contributed by atoms with Crippen LogP contribution >= 0.6 is 0 Å². The molecule has 0 amide bonds. The van der Waals surface area contributed by atoms with Crippen LogP contribution in [0.4, 0.5) is 0 Å². The molecule has 90 valence electrons. The van der Waals surface area contributed by atoms with E-state index >= 15 is 0 Å². The Kier molecular flexibility index (Phi) is 5.07. The van der Waals surface area contributed by atoms with Crippen LogP contribution in [0.1, 0.15) is 47.0 Å². The lowest BCUT2D eigenvalue weighted by atomic mass is 9.89. The van der Waals surface area contributed by atoms with Gasteiger partial charge in [0.05, 0.1) is 0 Å². The molecule has 1 rings (SSSR count). The third-order valence-corrected chi connectivity index (χ3v) is 4.09. The summed E-state index contributed by atoms with van der Waals surface area (Å²) in [6, 6.07) is 0.830. The van der Waals surface area contributed by atoms with Crippen molar-refractivity contribution in [1.29, 1.82) is 0 Å². The zero-order chi connectivity index (χ0) is 11.4. The van der Waals surface area contributed by atoms with Gasteiger partial charge in [0.15, 0.2) is 0 Å². The van der Waals surface area contributed by atoms with Gasteiger partial charge in [0.25, 0.3) is 0 Å². The zero-order valence-corrected chi connectivity index (χ0v) is 10.9. The first kappa shape index (κ1) is 13.0. The van der Waals surface area contributed by atoms with Crippen molar-refractivity contribution >= 4 is 0 Å². The molecular weight excluding hydrogens is 184 g/mol. The van der Waals surface area contributed by atoms with E-state index in [0.29, 0.717) is 12.1 Å². The van der Waals surface area contributed by atoms with Gasteiger partial charge >= 0.3 is 0 Å². The molecule has 15 heavy (non-hydrogen) atoms. The normalized spacial score (nSPS) is 28.8. The van der Waals surface area contributed by atoms with Crippen LogP contribution in [0.25, 0.3) is 0 Å². The summed E-state index contributed by atoms with van der Waals surface area (Å²) in [5.41, 5.74) is 5.97. The van der Waals surface area contributed by atoms with Gasteiger partial charge in [-0.05, 0) is 58.0 Å². The summed E-state index contributed by atoms with van der Waals surface area (Å²) in [5, 5.41) is 0. The Morgan fingerprint density at radius 3 is 2.27 bits per heavy atom. The highest BCUT2D eigenvalue weighted by Crippen LogP contribution is 2.25. The Morgan fingerprint density at radius 1 is 1.07 bits per heavy atom. The fourth-order valence-corrected chi connectivity index (χ4v) is 2.55. The Labute approximate surface area is 95.2 Å². The summed E-state index contributed by atoms with van der Waals surface area (Å²) in [5.74, 6) is 1.77. The Morgan fingerprint density at radius 2 is 1.73 bits per heavy atom. The van der Waals surface area contributed by atoms with E-state index in [4.69, 9.17) is 5.73 Å². The van der Waals surface area contributed by atoms with E-state index in [-0.39, 0.29) is 0 Å². The van der Waals surface area contributed by atoms with E-state index in [1.54, 1.807) is 0 Å². The molecule has 0 spiro atoms. The standard InChI is InChI=1S/C13H28N2/c1-10(2)13-6-5-8-15(9-7-13)12(4)11(3)14/h10-13H,5-9,14H2,1-4H3. The van der Waals surface area contributed by atoms with Crippen LogP contribution in [0, 0.1) is 11.8 Å². The summed E-state index contributed by atoms with van der Waals surface area (Å²) in [6.45, 7) is 11.6. The first-order valence-corrected chi connectivity index (χ1v) is 6.52. The summed E-state index contributed by atoms with van der Waals surface area (Å²) < 4.78 is 0. The summed E-state index contributed by atoms with van der Waals surface area (Å²) in [4.78, 5) is 2.58. The van der Waals surface area contributed by atoms with Crippen LogP contribution in [0.3, 0.4) is 0 Å². The van der Waals surface area contributed by atoms with Gasteiger partial charge in [0.1, 0.15) is 0 Å². The first-order valence-electron chi connectivity index (χ1n) is 6.52. The van der Waals surface area contributed by atoms with Gasteiger partial charge in [0, 0.05) is 12.1 Å². The van der Waals surface area contributed by atoms with E-state index in [9.17, 15) is 0 Å². The highest BCUT2D eigenvalue weighted by Gasteiger charge is 2.23. The van der Waals surface area contributed by atoms with Crippen molar-refractivity contribution in [2.24, 2.45) is 17.6 Å². The zero-order valence-electron chi connectivity index (χ0n) is 10.9. The highest BCUT2D eigenvalue weighted by atomic mass is 15.2. The molecule has 0 radical (unpaired) electrons. The minimum Gasteiger partial charge on any atom is -0.327 e. The molecule has 0 saturated carbocycles. The Hall–Kier alpha value is -0.0800. The van der Waals surface area contributed by atoms with Crippen LogP contribution in [-0.2, 0) is 0 Å². The molecule has 3 unspecified atom stereocenters. The van der Waals surface area contributed by atoms with Gasteiger partial charge in [-0.3, -0.25) is 4.90 Å². The molecule has 0 aromatic heterocycles. The van der Waals surface area contributed by atoms with Crippen molar-refractivity contribution in [2.45, 2.75) is 59.0 Å². The molecule has 2 heteroatoms. The number of hydrogen-bond acceptors (Lipinski definition) is 2. The minimum absolute atomic E-state index is 0.292. The maximum Gasteiger partial charge on any atom is 0.0216 e. The third-order valence-electron chi connectivity index (χ3n) is 4.09. The molecule has 1 heterocycles. The van der Waals surface area contributed by atoms with Crippen molar-refractivity contribution in [3.63, 3.8) is 0 Å². The Balaban J connectivity index is 2.45. The average molecular weight is 212 g/mol. The van der Waals surface area contributed by atoms with Crippen molar-refractivity contribution in [2.75, 3.05) is 13.1 Å². The molecule has 2 N–H and O–H groups in total. The van der Waals surface area contributed by atoms with Crippen LogP contribution in [0.2, 0.25) is 0 Å². The fourth-order valence-electron chi connectivity index (χ4n) is 2.55. The molecule has 1 aliphatic heterocycles. The van der Waals surface area contributed by atoms with Gasteiger partial charge in [-0.1, -0.05) is 13.8 Å². The predicted octanol–water partition coefficient (Wildman–Crippen LogP) is 2.48. The SMILES string of the molecule is CC(C)C1CCCN(C(C)C(C)N)CC1. The summed E-state index contributed by atoms with van der Waals surface area (Å²) in [7, 11) is 0. The molecule has 0 aromatic rings. The van der Waals surface area contributed by atoms with Gasteiger partial charge < -0.3 is 5.73 Å². The quantitative estimate of drug-likeness (QED) is 0.779. The van der Waals surface area contributed by atoms with Crippen molar-refractivity contribution in [3.8, 4) is 0 Å². The predicted molar refractivity (Wildman–Crippen MR) is 66.9 cm³/mol. The maximum atomic E-state index is 5.97. The van der Waals surface area contributed by atoms with Gasteiger partial charge in [-0.25, -0.2) is 0 Å². The molecular formula is C13H28N2. The van der Waals surface area contributed by atoms with Crippen LogP contribution < -0.4 is 5.73 Å². The number of nitrogens with two attached hydrogens (primary N) is 1. The van der Waals surface area contributed by atoms with Crippen molar-refractivity contribution in [1.82, 2.24) is 4.90 Å². The van der Waals surface area contributed by atoms with E-state index in [0.717, 1.165) is 11.8 Å². The number of rotatable bonds is 3. The lowest BCUT2D eigenvalue weighted by Crippen LogP contribution is -2.44. The second-order valence-electron chi connectivity index (χ2n) is 5.57.